The Kier molecular flexibility index (Phi) is 4.43. The van der Waals surface area contributed by atoms with E-state index in [0.717, 1.165) is 25.9 Å². The molecule has 2 rings (SSSR count). The number of halogens is 2. The zero-order valence-electron chi connectivity index (χ0n) is 11.0. The summed E-state index contributed by atoms with van der Waals surface area (Å²) < 4.78 is 13.7. The van der Waals surface area contributed by atoms with Crippen molar-refractivity contribution in [1.82, 2.24) is 4.90 Å². The van der Waals surface area contributed by atoms with Crippen molar-refractivity contribution in [2.24, 2.45) is 11.1 Å². The van der Waals surface area contributed by atoms with Crippen molar-refractivity contribution in [2.45, 2.75) is 26.3 Å². The van der Waals surface area contributed by atoms with E-state index < -0.39 is 0 Å². The number of benzene rings is 1. The SMILES string of the molecule is CC1(C(N)=S)CCN(Cc2cc(Cl)ccc2F)CC1. The van der Waals surface area contributed by atoms with E-state index in [4.69, 9.17) is 29.6 Å². The van der Waals surface area contributed by atoms with Crippen LogP contribution in [0.4, 0.5) is 4.39 Å². The fourth-order valence-corrected chi connectivity index (χ4v) is 2.76. The second-order valence-corrected chi connectivity index (χ2v) is 6.31. The Hall–Kier alpha value is -0.710. The molecule has 0 atom stereocenters. The van der Waals surface area contributed by atoms with Gasteiger partial charge in [0, 0.05) is 22.5 Å². The van der Waals surface area contributed by atoms with Gasteiger partial charge in [0.2, 0.25) is 0 Å². The van der Waals surface area contributed by atoms with E-state index in [1.165, 1.54) is 6.07 Å². The Morgan fingerprint density at radius 1 is 1.47 bits per heavy atom. The van der Waals surface area contributed by atoms with Gasteiger partial charge in [0.15, 0.2) is 0 Å². The van der Waals surface area contributed by atoms with Gasteiger partial charge in [-0.15, -0.1) is 0 Å². The van der Waals surface area contributed by atoms with Gasteiger partial charge in [0.05, 0.1) is 4.99 Å². The quantitative estimate of drug-likeness (QED) is 0.868. The molecule has 2 nitrogen and oxygen atoms in total. The Morgan fingerprint density at radius 2 is 2.11 bits per heavy atom. The Labute approximate surface area is 123 Å². The van der Waals surface area contributed by atoms with Gasteiger partial charge in [-0.05, 0) is 44.1 Å². The molecule has 0 saturated carbocycles. The molecule has 1 aliphatic rings. The lowest BCUT2D eigenvalue weighted by Crippen LogP contribution is -2.44. The van der Waals surface area contributed by atoms with Crippen LogP contribution in [0.5, 0.6) is 0 Å². The number of likely N-dealkylation sites (tertiary alicyclic amines) is 1. The summed E-state index contributed by atoms with van der Waals surface area (Å²) in [6, 6.07) is 4.68. The average Bonchev–Trinajstić information content (AvgIpc) is 2.36. The number of nitrogens with zero attached hydrogens (tertiary/aromatic N) is 1. The standard InChI is InChI=1S/C14H18ClFN2S/c1-14(13(17)19)4-6-18(7-5-14)9-10-8-11(15)2-3-12(10)16/h2-3,8H,4-7,9H2,1H3,(H2,17,19). The summed E-state index contributed by atoms with van der Waals surface area (Å²) in [6.45, 7) is 4.44. The number of piperidine rings is 1. The Morgan fingerprint density at radius 3 is 2.68 bits per heavy atom. The van der Waals surface area contributed by atoms with Crippen LogP contribution < -0.4 is 5.73 Å². The summed E-state index contributed by atoms with van der Waals surface area (Å²) in [5.41, 5.74) is 6.37. The van der Waals surface area contributed by atoms with Crippen molar-refractivity contribution in [3.8, 4) is 0 Å². The van der Waals surface area contributed by atoms with E-state index >= 15 is 0 Å². The summed E-state index contributed by atoms with van der Waals surface area (Å²) >= 11 is 11.0. The zero-order valence-corrected chi connectivity index (χ0v) is 12.5. The van der Waals surface area contributed by atoms with E-state index in [1.54, 1.807) is 12.1 Å². The minimum Gasteiger partial charge on any atom is -0.393 e. The van der Waals surface area contributed by atoms with Crippen LogP contribution in [0.1, 0.15) is 25.3 Å². The molecule has 0 aromatic heterocycles. The van der Waals surface area contributed by atoms with E-state index in [-0.39, 0.29) is 11.2 Å². The topological polar surface area (TPSA) is 29.3 Å². The highest BCUT2D eigenvalue weighted by Gasteiger charge is 2.32. The van der Waals surface area contributed by atoms with E-state index in [1.807, 2.05) is 0 Å². The van der Waals surface area contributed by atoms with Gasteiger partial charge >= 0.3 is 0 Å². The fraction of sp³-hybridized carbons (Fsp3) is 0.500. The summed E-state index contributed by atoms with van der Waals surface area (Å²) in [5.74, 6) is -0.202. The lowest BCUT2D eigenvalue weighted by atomic mass is 9.80. The monoisotopic (exact) mass is 300 g/mol. The summed E-state index contributed by atoms with van der Waals surface area (Å²) in [5, 5.41) is 0.571. The molecular weight excluding hydrogens is 283 g/mol. The van der Waals surface area contributed by atoms with Crippen molar-refractivity contribution < 1.29 is 4.39 Å². The van der Waals surface area contributed by atoms with Crippen molar-refractivity contribution in [1.29, 1.82) is 0 Å². The molecule has 0 spiro atoms. The highest BCUT2D eigenvalue weighted by Crippen LogP contribution is 2.32. The maximum absolute atomic E-state index is 13.7. The van der Waals surface area contributed by atoms with Gasteiger partial charge in [-0.2, -0.15) is 0 Å². The first kappa shape index (κ1) is 14.7. The number of hydrogen-bond acceptors (Lipinski definition) is 2. The van der Waals surface area contributed by atoms with Crippen LogP contribution in [0.3, 0.4) is 0 Å². The van der Waals surface area contributed by atoms with Crippen LogP contribution in [-0.4, -0.2) is 23.0 Å². The smallest absolute Gasteiger partial charge is 0.127 e. The number of thiocarbonyl (C=S) groups is 1. The van der Waals surface area contributed by atoms with Gasteiger partial charge in [-0.25, -0.2) is 4.39 Å². The van der Waals surface area contributed by atoms with Crippen molar-refractivity contribution in [3.05, 3.63) is 34.6 Å². The molecular formula is C14H18ClFN2S. The van der Waals surface area contributed by atoms with E-state index in [9.17, 15) is 4.39 Å². The molecule has 104 valence electrons. The number of hydrogen-bond donors (Lipinski definition) is 1. The van der Waals surface area contributed by atoms with Crippen molar-refractivity contribution in [2.75, 3.05) is 13.1 Å². The summed E-state index contributed by atoms with van der Waals surface area (Å²) in [7, 11) is 0. The lowest BCUT2D eigenvalue weighted by molar-refractivity contribution is 0.156. The zero-order chi connectivity index (χ0) is 14.0. The minimum atomic E-state index is -0.202. The first-order valence-electron chi connectivity index (χ1n) is 6.37. The van der Waals surface area contributed by atoms with Crippen LogP contribution in [-0.2, 0) is 6.54 Å². The molecule has 0 amide bonds. The van der Waals surface area contributed by atoms with Gasteiger partial charge in [0.25, 0.3) is 0 Å². The molecule has 1 heterocycles. The molecule has 0 aliphatic carbocycles. The average molecular weight is 301 g/mol. The predicted molar refractivity (Wildman–Crippen MR) is 80.8 cm³/mol. The third kappa shape index (κ3) is 3.44. The maximum Gasteiger partial charge on any atom is 0.127 e. The predicted octanol–water partition coefficient (Wildman–Crippen LogP) is 3.37. The fourth-order valence-electron chi connectivity index (χ4n) is 2.36. The largest absolute Gasteiger partial charge is 0.393 e. The number of nitrogens with two attached hydrogens (primary N) is 1. The first-order valence-corrected chi connectivity index (χ1v) is 7.15. The van der Waals surface area contributed by atoms with Gasteiger partial charge in [0.1, 0.15) is 5.82 Å². The highest BCUT2D eigenvalue weighted by atomic mass is 35.5. The van der Waals surface area contributed by atoms with E-state index in [0.29, 0.717) is 22.1 Å². The highest BCUT2D eigenvalue weighted by molar-refractivity contribution is 7.80. The maximum atomic E-state index is 13.7. The third-order valence-electron chi connectivity index (χ3n) is 3.96. The molecule has 1 saturated heterocycles. The molecule has 0 bridgehead atoms. The molecule has 1 fully saturated rings. The molecule has 0 unspecified atom stereocenters. The minimum absolute atomic E-state index is 0.0568. The Balaban J connectivity index is 1.99. The third-order valence-corrected chi connectivity index (χ3v) is 4.68. The summed E-state index contributed by atoms with van der Waals surface area (Å²) in [4.78, 5) is 2.80. The molecule has 2 N–H and O–H groups in total. The van der Waals surface area contributed by atoms with Gasteiger partial charge < -0.3 is 5.73 Å². The molecule has 19 heavy (non-hydrogen) atoms. The van der Waals surface area contributed by atoms with Crippen LogP contribution >= 0.6 is 23.8 Å². The van der Waals surface area contributed by atoms with E-state index in [2.05, 4.69) is 11.8 Å². The molecule has 1 aromatic carbocycles. The van der Waals surface area contributed by atoms with Gasteiger partial charge in [-0.1, -0.05) is 30.7 Å². The molecule has 1 aromatic rings. The second kappa shape index (κ2) is 5.73. The molecule has 5 heteroatoms. The number of rotatable bonds is 3. The normalized spacial score (nSPS) is 19.3. The molecule has 0 radical (unpaired) electrons. The first-order chi connectivity index (χ1) is 8.90. The Bertz CT molecular complexity index is 484. The van der Waals surface area contributed by atoms with Crippen LogP contribution in [0.15, 0.2) is 18.2 Å². The van der Waals surface area contributed by atoms with Crippen LogP contribution in [0.2, 0.25) is 5.02 Å². The summed E-state index contributed by atoms with van der Waals surface area (Å²) in [6.07, 6.45) is 1.84. The lowest BCUT2D eigenvalue weighted by Gasteiger charge is -2.38. The van der Waals surface area contributed by atoms with Crippen molar-refractivity contribution in [3.63, 3.8) is 0 Å². The van der Waals surface area contributed by atoms with Crippen molar-refractivity contribution >= 4 is 28.8 Å². The second-order valence-electron chi connectivity index (χ2n) is 5.44. The van der Waals surface area contributed by atoms with Gasteiger partial charge in [-0.3, -0.25) is 4.90 Å². The van der Waals surface area contributed by atoms with Crippen LogP contribution in [0, 0.1) is 11.2 Å². The van der Waals surface area contributed by atoms with Crippen LogP contribution in [0.25, 0.3) is 0 Å². The molecule has 1 aliphatic heterocycles.